The van der Waals surface area contributed by atoms with Crippen molar-refractivity contribution in [2.24, 2.45) is 0 Å². The van der Waals surface area contributed by atoms with Crippen LogP contribution in [0.4, 0.5) is 10.1 Å². The predicted octanol–water partition coefficient (Wildman–Crippen LogP) is 2.88. The molecule has 6 heterocycles. The number of fused-ring (bicyclic) bond motifs is 3. The number of benzene rings is 1. The fraction of sp³-hybridized carbons (Fsp3) is 0.308. The quantitative estimate of drug-likeness (QED) is 0.407. The summed E-state index contributed by atoms with van der Waals surface area (Å²) < 4.78 is 21.6. The molecule has 1 amide bonds. The largest absolute Gasteiger partial charge is 0.438 e. The second-order valence-electron chi connectivity index (χ2n) is 9.65. The number of aromatic nitrogens is 5. The highest BCUT2D eigenvalue weighted by molar-refractivity contribution is 6.01. The average molecular weight is 501 g/mol. The number of H-pyrrole nitrogens is 1. The molecule has 1 aromatic carbocycles. The molecule has 2 aliphatic rings. The molecule has 11 heteroatoms. The number of oxazole rings is 1. The Bertz CT molecular complexity index is 1630. The van der Waals surface area contributed by atoms with Crippen LogP contribution in [0.2, 0.25) is 0 Å². The zero-order valence-corrected chi connectivity index (χ0v) is 20.3. The number of aromatic amines is 1. The van der Waals surface area contributed by atoms with Gasteiger partial charge in [-0.25, -0.2) is 18.9 Å². The van der Waals surface area contributed by atoms with Gasteiger partial charge < -0.3 is 24.1 Å². The molecule has 188 valence electrons. The average Bonchev–Trinajstić information content (AvgIpc) is 3.65. The number of amides is 1. The number of pyridine rings is 1. The summed E-state index contributed by atoms with van der Waals surface area (Å²) >= 11 is 0. The van der Waals surface area contributed by atoms with E-state index in [-0.39, 0.29) is 5.91 Å². The lowest BCUT2D eigenvalue weighted by Crippen LogP contribution is -2.44. The molecule has 1 fully saturated rings. The molecule has 5 aromatic rings. The highest BCUT2D eigenvalue weighted by Gasteiger charge is 2.38. The van der Waals surface area contributed by atoms with E-state index in [2.05, 4.69) is 36.9 Å². The van der Waals surface area contributed by atoms with Gasteiger partial charge in [-0.3, -0.25) is 4.79 Å². The molecule has 0 aliphatic carbocycles. The lowest BCUT2D eigenvalue weighted by atomic mass is 10.0. The SMILES string of the molecule is CN1CCN(c2ccc3c(C(=O)N4CCc5[nH]cnc5[C@H]4c4nc5cc(F)ccc5o4)cnn3c2)CC1. The first kappa shape index (κ1) is 22.0. The first-order chi connectivity index (χ1) is 18.0. The standard InChI is InChI=1S/C26H25FN8O2/c1-32-8-10-33(11-9-32)17-3-4-21-18(13-30-35(21)14-17)26(36)34-7-6-19-23(29-15-28-19)24(34)25-31-20-12-16(27)2-5-22(20)37-25/h2-5,12-15,24H,6-11H2,1H3,(H,28,29)/t24-/m0/s1. The number of nitrogens with zero attached hydrogens (tertiary/aromatic N) is 7. The molecule has 0 bridgehead atoms. The normalized spacial score (nSPS) is 18.6. The number of rotatable bonds is 3. The van der Waals surface area contributed by atoms with Crippen LogP contribution in [0, 0.1) is 5.82 Å². The van der Waals surface area contributed by atoms with Gasteiger partial charge in [0, 0.05) is 50.9 Å². The van der Waals surface area contributed by atoms with Crippen molar-refractivity contribution in [1.82, 2.24) is 34.4 Å². The monoisotopic (exact) mass is 500 g/mol. The summed E-state index contributed by atoms with van der Waals surface area (Å²) in [5.74, 6) is -0.281. The summed E-state index contributed by atoms with van der Waals surface area (Å²) in [6.07, 6.45) is 5.83. The maximum atomic E-state index is 14.0. The lowest BCUT2D eigenvalue weighted by molar-refractivity contribution is 0.0669. The molecule has 37 heavy (non-hydrogen) atoms. The van der Waals surface area contributed by atoms with Crippen molar-refractivity contribution in [3.8, 4) is 0 Å². The third kappa shape index (κ3) is 3.65. The maximum Gasteiger partial charge on any atom is 0.258 e. The van der Waals surface area contributed by atoms with Gasteiger partial charge >= 0.3 is 0 Å². The van der Waals surface area contributed by atoms with E-state index in [1.807, 2.05) is 18.3 Å². The third-order valence-corrected chi connectivity index (χ3v) is 7.39. The van der Waals surface area contributed by atoms with E-state index in [0.29, 0.717) is 41.2 Å². The molecular weight excluding hydrogens is 475 g/mol. The second-order valence-corrected chi connectivity index (χ2v) is 9.65. The molecule has 0 spiro atoms. The van der Waals surface area contributed by atoms with Gasteiger partial charge in [0.15, 0.2) is 11.6 Å². The van der Waals surface area contributed by atoms with Crippen molar-refractivity contribution < 1.29 is 13.6 Å². The Hall–Kier alpha value is -4.25. The molecule has 0 saturated carbocycles. The number of piperazine rings is 1. The van der Waals surface area contributed by atoms with E-state index < -0.39 is 11.9 Å². The molecule has 10 nitrogen and oxygen atoms in total. The van der Waals surface area contributed by atoms with E-state index in [9.17, 15) is 9.18 Å². The van der Waals surface area contributed by atoms with Gasteiger partial charge in [0.2, 0.25) is 5.89 Å². The zero-order valence-electron chi connectivity index (χ0n) is 20.3. The molecular formula is C26H25FN8O2. The van der Waals surface area contributed by atoms with Gasteiger partial charge in [-0.05, 0) is 31.3 Å². The van der Waals surface area contributed by atoms with Crippen molar-refractivity contribution in [3.05, 3.63) is 77.7 Å². The molecule has 1 atom stereocenters. The predicted molar refractivity (Wildman–Crippen MR) is 134 cm³/mol. The highest BCUT2D eigenvalue weighted by Crippen LogP contribution is 2.36. The number of anilines is 1. The van der Waals surface area contributed by atoms with Crippen LogP contribution < -0.4 is 4.90 Å². The zero-order chi connectivity index (χ0) is 25.1. The Balaban J connectivity index is 1.25. The van der Waals surface area contributed by atoms with E-state index in [0.717, 1.165) is 43.1 Å². The van der Waals surface area contributed by atoms with E-state index in [1.54, 1.807) is 28.0 Å². The summed E-state index contributed by atoms with van der Waals surface area (Å²) in [6.45, 7) is 4.36. The van der Waals surface area contributed by atoms with E-state index in [4.69, 9.17) is 4.42 Å². The Morgan fingerprint density at radius 1 is 1.14 bits per heavy atom. The van der Waals surface area contributed by atoms with Gasteiger partial charge in [0.1, 0.15) is 11.3 Å². The number of hydrogen-bond acceptors (Lipinski definition) is 7. The number of halogens is 1. The van der Waals surface area contributed by atoms with E-state index >= 15 is 0 Å². The van der Waals surface area contributed by atoms with Gasteiger partial charge in [0.25, 0.3) is 5.91 Å². The minimum Gasteiger partial charge on any atom is -0.438 e. The van der Waals surface area contributed by atoms with Crippen LogP contribution in [-0.2, 0) is 6.42 Å². The number of imidazole rings is 1. The fourth-order valence-electron chi connectivity index (χ4n) is 5.33. The minimum atomic E-state index is -0.641. The van der Waals surface area contributed by atoms with Crippen molar-refractivity contribution in [2.45, 2.75) is 12.5 Å². The smallest absolute Gasteiger partial charge is 0.258 e. The van der Waals surface area contributed by atoms with Crippen LogP contribution in [0.3, 0.4) is 0 Å². The first-order valence-corrected chi connectivity index (χ1v) is 12.3. The molecule has 7 rings (SSSR count). The lowest BCUT2D eigenvalue weighted by Gasteiger charge is -2.34. The number of hydrogen-bond donors (Lipinski definition) is 1. The van der Waals surface area contributed by atoms with Gasteiger partial charge in [-0.2, -0.15) is 5.10 Å². The molecule has 1 N–H and O–H groups in total. The van der Waals surface area contributed by atoms with Crippen molar-refractivity contribution >= 4 is 28.2 Å². The summed E-state index contributed by atoms with van der Waals surface area (Å²) in [5, 5.41) is 4.51. The maximum absolute atomic E-state index is 14.0. The molecule has 4 aromatic heterocycles. The van der Waals surface area contributed by atoms with E-state index in [1.165, 1.54) is 12.1 Å². The Labute approximate surface area is 211 Å². The number of nitrogens with one attached hydrogen (secondary N) is 1. The van der Waals surface area contributed by atoms with Crippen LogP contribution in [0.1, 0.15) is 33.7 Å². The second kappa shape index (κ2) is 8.41. The molecule has 0 radical (unpaired) electrons. The van der Waals surface area contributed by atoms with Gasteiger partial charge in [0.05, 0.1) is 41.2 Å². The van der Waals surface area contributed by atoms with Crippen LogP contribution in [0.15, 0.2) is 53.5 Å². The summed E-state index contributed by atoms with van der Waals surface area (Å²) in [5.41, 5.74) is 4.78. The Morgan fingerprint density at radius 3 is 2.86 bits per heavy atom. The Morgan fingerprint density at radius 2 is 2.00 bits per heavy atom. The van der Waals surface area contributed by atoms with Gasteiger partial charge in [-0.1, -0.05) is 0 Å². The fourth-order valence-corrected chi connectivity index (χ4v) is 5.33. The van der Waals surface area contributed by atoms with Crippen molar-refractivity contribution in [1.29, 1.82) is 0 Å². The highest BCUT2D eigenvalue weighted by atomic mass is 19.1. The van der Waals surface area contributed by atoms with Crippen LogP contribution in [0.25, 0.3) is 16.6 Å². The number of carbonyl (C=O) groups is 1. The van der Waals surface area contributed by atoms with Crippen molar-refractivity contribution in [2.75, 3.05) is 44.7 Å². The molecule has 2 aliphatic heterocycles. The van der Waals surface area contributed by atoms with Crippen molar-refractivity contribution in [3.63, 3.8) is 0 Å². The van der Waals surface area contributed by atoms with Crippen LogP contribution in [-0.4, -0.2) is 80.0 Å². The topological polar surface area (TPSA) is 98.8 Å². The first-order valence-electron chi connectivity index (χ1n) is 12.3. The Kier molecular flexibility index (Phi) is 5.00. The molecule has 1 saturated heterocycles. The van der Waals surface area contributed by atoms with Crippen LogP contribution >= 0.6 is 0 Å². The molecule has 0 unspecified atom stereocenters. The summed E-state index contributed by atoms with van der Waals surface area (Å²) in [4.78, 5) is 32.5. The van der Waals surface area contributed by atoms with Gasteiger partial charge in [-0.15, -0.1) is 0 Å². The number of carbonyl (C=O) groups excluding carboxylic acids is 1. The minimum absolute atomic E-state index is 0.186. The van der Waals surface area contributed by atoms with Crippen LogP contribution in [0.5, 0.6) is 0 Å². The number of likely N-dealkylation sites (N-methyl/N-ethyl adjacent to an activating group) is 1. The summed E-state index contributed by atoms with van der Waals surface area (Å²) in [7, 11) is 2.13. The summed E-state index contributed by atoms with van der Waals surface area (Å²) in [6, 6.07) is 7.56. The third-order valence-electron chi connectivity index (χ3n) is 7.39.